The summed E-state index contributed by atoms with van der Waals surface area (Å²) in [7, 11) is 2.56. The number of hydrogen-bond donors (Lipinski definition) is 1. The predicted molar refractivity (Wildman–Crippen MR) is 106 cm³/mol. The van der Waals surface area contributed by atoms with E-state index in [-0.39, 0.29) is 23.0 Å². The summed E-state index contributed by atoms with van der Waals surface area (Å²) < 4.78 is 14.6. The Balaban J connectivity index is 2.11. The molecular weight excluding hydrogens is 384 g/mol. The molecule has 1 saturated heterocycles. The lowest BCUT2D eigenvalue weighted by Crippen LogP contribution is -2.42. The van der Waals surface area contributed by atoms with Gasteiger partial charge in [-0.2, -0.15) is 0 Å². The molecule has 0 bridgehead atoms. The summed E-state index contributed by atoms with van der Waals surface area (Å²) in [5, 5.41) is 3.41. The van der Waals surface area contributed by atoms with Gasteiger partial charge in [-0.05, 0) is 50.2 Å². The van der Waals surface area contributed by atoms with E-state index in [1.807, 2.05) is 4.90 Å². The van der Waals surface area contributed by atoms with Gasteiger partial charge in [-0.3, -0.25) is 4.79 Å². The third-order valence-corrected chi connectivity index (χ3v) is 4.85. The number of likely N-dealkylation sites (tertiary alicyclic amines) is 1. The van der Waals surface area contributed by atoms with Crippen LogP contribution in [0.1, 0.15) is 40.5 Å². The first-order valence-corrected chi connectivity index (χ1v) is 9.35. The Morgan fingerprint density at radius 1 is 1.14 bits per heavy atom. The maximum atomic E-state index is 12.0. The predicted octanol–water partition coefficient (Wildman–Crippen LogP) is 2.23. The van der Waals surface area contributed by atoms with Crippen LogP contribution in [-0.4, -0.2) is 61.8 Å². The van der Waals surface area contributed by atoms with E-state index in [1.54, 1.807) is 6.92 Å². The Bertz CT molecular complexity index is 759. The van der Waals surface area contributed by atoms with Gasteiger partial charge in [0.15, 0.2) is 5.11 Å². The molecule has 28 heavy (non-hydrogen) atoms. The molecule has 0 aliphatic carbocycles. The highest BCUT2D eigenvalue weighted by Gasteiger charge is 2.27. The van der Waals surface area contributed by atoms with Crippen LogP contribution >= 0.6 is 12.2 Å². The van der Waals surface area contributed by atoms with E-state index < -0.39 is 11.9 Å². The molecule has 1 fully saturated rings. The Labute approximate surface area is 169 Å². The van der Waals surface area contributed by atoms with Crippen molar-refractivity contribution < 1.29 is 28.6 Å². The minimum atomic E-state index is -0.553. The second kappa shape index (κ2) is 10.0. The molecular formula is C19H24N2O6S. The van der Waals surface area contributed by atoms with Crippen LogP contribution in [0.15, 0.2) is 18.2 Å². The topological polar surface area (TPSA) is 94.2 Å². The second-order valence-corrected chi connectivity index (χ2v) is 6.57. The summed E-state index contributed by atoms with van der Waals surface area (Å²) in [6.45, 7) is 3.32. The fourth-order valence-electron chi connectivity index (χ4n) is 2.95. The maximum absolute atomic E-state index is 12.0. The quantitative estimate of drug-likeness (QED) is 0.447. The highest BCUT2D eigenvalue weighted by atomic mass is 32.1. The summed E-state index contributed by atoms with van der Waals surface area (Å²) in [6.07, 6.45) is 1.26. The highest BCUT2D eigenvalue weighted by molar-refractivity contribution is 7.80. The van der Waals surface area contributed by atoms with E-state index in [1.165, 1.54) is 32.4 Å². The molecule has 8 nitrogen and oxygen atoms in total. The maximum Gasteiger partial charge on any atom is 0.339 e. The summed E-state index contributed by atoms with van der Waals surface area (Å²) in [5.74, 6) is -1.39. The number of ether oxygens (including phenoxy) is 3. The number of nitrogens with zero attached hydrogens (tertiary/aromatic N) is 1. The SMILES string of the molecule is CCOC(=O)C1CCN(C(=S)Nc2cc(C(=O)OC)ccc2C(=O)OC)CC1. The number of carbonyl (C=O) groups excluding carboxylic acids is 3. The third-order valence-electron chi connectivity index (χ3n) is 4.49. The van der Waals surface area contributed by atoms with Crippen molar-refractivity contribution in [2.24, 2.45) is 5.92 Å². The summed E-state index contributed by atoms with van der Waals surface area (Å²) >= 11 is 5.46. The number of hydrogen-bond acceptors (Lipinski definition) is 7. The van der Waals surface area contributed by atoms with E-state index in [0.717, 1.165) is 0 Å². The molecule has 0 amide bonds. The number of thiocarbonyl (C=S) groups is 1. The molecule has 0 spiro atoms. The van der Waals surface area contributed by atoms with Gasteiger partial charge in [0.1, 0.15) is 0 Å². The standard InChI is InChI=1S/C19H24N2O6S/c1-4-27-17(23)12-7-9-21(10-8-12)19(28)20-15-11-13(16(22)25-2)5-6-14(15)18(24)26-3/h5-6,11-12H,4,7-10H2,1-3H3,(H,20,28). The minimum absolute atomic E-state index is 0.132. The second-order valence-electron chi connectivity index (χ2n) is 6.19. The number of piperidine rings is 1. The summed E-state index contributed by atoms with van der Waals surface area (Å²) in [5.41, 5.74) is 0.882. The van der Waals surface area contributed by atoms with Gasteiger partial charge in [0.05, 0.1) is 43.6 Å². The molecule has 1 heterocycles. The van der Waals surface area contributed by atoms with Crippen molar-refractivity contribution in [1.29, 1.82) is 0 Å². The van der Waals surface area contributed by atoms with Crippen LogP contribution in [0, 0.1) is 5.92 Å². The molecule has 2 rings (SSSR count). The molecule has 9 heteroatoms. The van der Waals surface area contributed by atoms with Crippen molar-refractivity contribution in [3.05, 3.63) is 29.3 Å². The average molecular weight is 408 g/mol. The van der Waals surface area contributed by atoms with Crippen LogP contribution in [0.25, 0.3) is 0 Å². The minimum Gasteiger partial charge on any atom is -0.466 e. The van der Waals surface area contributed by atoms with Crippen LogP contribution < -0.4 is 5.32 Å². The van der Waals surface area contributed by atoms with Crippen LogP contribution in [0.2, 0.25) is 0 Å². The molecule has 0 atom stereocenters. The Morgan fingerprint density at radius 2 is 1.79 bits per heavy atom. The van der Waals surface area contributed by atoms with Crippen molar-refractivity contribution in [1.82, 2.24) is 4.90 Å². The monoisotopic (exact) mass is 408 g/mol. The molecule has 1 aromatic carbocycles. The number of nitrogens with one attached hydrogen (secondary N) is 1. The third kappa shape index (κ3) is 5.19. The van der Waals surface area contributed by atoms with Gasteiger partial charge in [-0.15, -0.1) is 0 Å². The number of rotatable bonds is 5. The molecule has 0 radical (unpaired) electrons. The number of anilines is 1. The fourth-order valence-corrected chi connectivity index (χ4v) is 3.25. The first kappa shape index (κ1) is 21.6. The fraction of sp³-hybridized carbons (Fsp3) is 0.474. The number of benzene rings is 1. The van der Waals surface area contributed by atoms with Gasteiger partial charge in [-0.1, -0.05) is 0 Å². The zero-order valence-electron chi connectivity index (χ0n) is 16.1. The molecule has 0 saturated carbocycles. The zero-order valence-corrected chi connectivity index (χ0v) is 17.0. The van der Waals surface area contributed by atoms with E-state index in [4.69, 9.17) is 26.4 Å². The molecule has 0 aromatic heterocycles. The zero-order chi connectivity index (χ0) is 20.7. The van der Waals surface area contributed by atoms with Gasteiger partial charge >= 0.3 is 17.9 Å². The van der Waals surface area contributed by atoms with Crippen molar-refractivity contribution in [2.75, 3.05) is 39.2 Å². The summed E-state index contributed by atoms with van der Waals surface area (Å²) in [4.78, 5) is 37.6. The van der Waals surface area contributed by atoms with Gasteiger partial charge in [-0.25, -0.2) is 9.59 Å². The molecule has 1 aromatic rings. The first-order chi connectivity index (χ1) is 13.4. The molecule has 0 unspecified atom stereocenters. The normalized spacial score (nSPS) is 14.2. The van der Waals surface area contributed by atoms with Gasteiger partial charge < -0.3 is 24.4 Å². The van der Waals surface area contributed by atoms with Crippen molar-refractivity contribution in [2.45, 2.75) is 19.8 Å². The van der Waals surface area contributed by atoms with Crippen molar-refractivity contribution in [3.8, 4) is 0 Å². The van der Waals surface area contributed by atoms with E-state index in [2.05, 4.69) is 5.32 Å². The van der Waals surface area contributed by atoms with Crippen molar-refractivity contribution >= 4 is 40.9 Å². The van der Waals surface area contributed by atoms with Crippen LogP contribution in [-0.2, 0) is 19.0 Å². The lowest BCUT2D eigenvalue weighted by atomic mass is 9.97. The lowest BCUT2D eigenvalue weighted by molar-refractivity contribution is -0.149. The van der Waals surface area contributed by atoms with Gasteiger partial charge in [0.2, 0.25) is 0 Å². The average Bonchev–Trinajstić information content (AvgIpc) is 2.72. The molecule has 152 valence electrons. The molecule has 1 aliphatic heterocycles. The number of carbonyl (C=O) groups is 3. The smallest absolute Gasteiger partial charge is 0.339 e. The number of esters is 3. The highest BCUT2D eigenvalue weighted by Crippen LogP contribution is 2.23. The Morgan fingerprint density at radius 3 is 2.36 bits per heavy atom. The van der Waals surface area contributed by atoms with E-state index in [0.29, 0.717) is 43.3 Å². The van der Waals surface area contributed by atoms with Gasteiger partial charge in [0.25, 0.3) is 0 Å². The van der Waals surface area contributed by atoms with Crippen LogP contribution in [0.5, 0.6) is 0 Å². The van der Waals surface area contributed by atoms with E-state index >= 15 is 0 Å². The van der Waals surface area contributed by atoms with Gasteiger partial charge in [0, 0.05) is 13.1 Å². The molecule has 1 aliphatic rings. The Hall–Kier alpha value is -2.68. The summed E-state index contributed by atoms with van der Waals surface area (Å²) in [6, 6.07) is 4.46. The van der Waals surface area contributed by atoms with Crippen LogP contribution in [0.3, 0.4) is 0 Å². The van der Waals surface area contributed by atoms with Crippen molar-refractivity contribution in [3.63, 3.8) is 0 Å². The van der Waals surface area contributed by atoms with Crippen LogP contribution in [0.4, 0.5) is 5.69 Å². The number of methoxy groups -OCH3 is 2. The first-order valence-electron chi connectivity index (χ1n) is 8.94. The Kier molecular flexibility index (Phi) is 7.74. The van der Waals surface area contributed by atoms with E-state index in [9.17, 15) is 14.4 Å². The lowest BCUT2D eigenvalue weighted by Gasteiger charge is -2.33. The largest absolute Gasteiger partial charge is 0.466 e. The molecule has 1 N–H and O–H groups in total.